The van der Waals surface area contributed by atoms with E-state index in [1.54, 1.807) is 0 Å². The summed E-state index contributed by atoms with van der Waals surface area (Å²) in [4.78, 5) is 2.50. The Hall–Kier alpha value is -0.0800. The maximum absolute atomic E-state index is 5.92. The monoisotopic (exact) mass is 156 g/mol. The first-order chi connectivity index (χ1) is 5.15. The highest BCUT2D eigenvalue weighted by atomic mass is 15.2. The smallest absolute Gasteiger partial charge is 0.0206 e. The summed E-state index contributed by atoms with van der Waals surface area (Å²) >= 11 is 0. The van der Waals surface area contributed by atoms with Crippen LogP contribution in [0.25, 0.3) is 0 Å². The standard InChI is InChI=1S/C9H20N2/c1-4-8(3)11-5-7(2)9(10)6-11/h7-9H,4-6,10H2,1-3H3. The van der Waals surface area contributed by atoms with Gasteiger partial charge in [-0.25, -0.2) is 0 Å². The second-order valence-corrected chi connectivity index (χ2v) is 3.85. The molecule has 0 aromatic rings. The van der Waals surface area contributed by atoms with Gasteiger partial charge in [0.25, 0.3) is 0 Å². The zero-order valence-corrected chi connectivity index (χ0v) is 7.88. The van der Waals surface area contributed by atoms with Crippen LogP contribution in [-0.2, 0) is 0 Å². The second-order valence-electron chi connectivity index (χ2n) is 3.85. The minimum absolute atomic E-state index is 0.406. The highest BCUT2D eigenvalue weighted by molar-refractivity contribution is 4.86. The minimum atomic E-state index is 0.406. The molecule has 0 aromatic heterocycles. The van der Waals surface area contributed by atoms with Crippen molar-refractivity contribution in [1.82, 2.24) is 4.90 Å². The van der Waals surface area contributed by atoms with Gasteiger partial charge >= 0.3 is 0 Å². The Balaban J connectivity index is 2.40. The lowest BCUT2D eigenvalue weighted by Gasteiger charge is -2.22. The summed E-state index contributed by atoms with van der Waals surface area (Å²) in [7, 11) is 0. The van der Waals surface area contributed by atoms with Crippen LogP contribution in [0.2, 0.25) is 0 Å². The number of rotatable bonds is 2. The number of nitrogens with two attached hydrogens (primary N) is 1. The topological polar surface area (TPSA) is 29.3 Å². The van der Waals surface area contributed by atoms with E-state index in [1.807, 2.05) is 0 Å². The highest BCUT2D eigenvalue weighted by Gasteiger charge is 2.28. The lowest BCUT2D eigenvalue weighted by Crippen LogP contribution is -2.33. The van der Waals surface area contributed by atoms with Crippen molar-refractivity contribution in [1.29, 1.82) is 0 Å². The van der Waals surface area contributed by atoms with Crippen LogP contribution in [0.4, 0.5) is 0 Å². The molecule has 0 aliphatic carbocycles. The van der Waals surface area contributed by atoms with Crippen LogP contribution in [0, 0.1) is 5.92 Å². The Bertz CT molecular complexity index is 115. The SMILES string of the molecule is CCC(C)N1CC(C)C(N)C1. The average Bonchev–Trinajstić information content (AvgIpc) is 2.31. The third-order valence-corrected chi connectivity index (χ3v) is 2.91. The molecule has 66 valence electrons. The van der Waals surface area contributed by atoms with Crippen molar-refractivity contribution in [3.63, 3.8) is 0 Å². The summed E-state index contributed by atoms with van der Waals surface area (Å²) in [6.07, 6.45) is 1.24. The molecule has 1 saturated heterocycles. The van der Waals surface area contributed by atoms with Crippen molar-refractivity contribution in [2.24, 2.45) is 11.7 Å². The van der Waals surface area contributed by atoms with Crippen LogP contribution in [0.3, 0.4) is 0 Å². The van der Waals surface area contributed by atoms with Gasteiger partial charge in [-0.05, 0) is 19.3 Å². The zero-order valence-electron chi connectivity index (χ0n) is 7.88. The van der Waals surface area contributed by atoms with Gasteiger partial charge in [-0.2, -0.15) is 0 Å². The van der Waals surface area contributed by atoms with E-state index in [2.05, 4.69) is 25.7 Å². The van der Waals surface area contributed by atoms with E-state index in [1.165, 1.54) is 13.0 Å². The van der Waals surface area contributed by atoms with E-state index in [4.69, 9.17) is 5.73 Å². The van der Waals surface area contributed by atoms with Crippen LogP contribution in [0.1, 0.15) is 27.2 Å². The van der Waals surface area contributed by atoms with E-state index < -0.39 is 0 Å². The lowest BCUT2D eigenvalue weighted by atomic mass is 10.1. The third-order valence-electron chi connectivity index (χ3n) is 2.91. The fourth-order valence-electron chi connectivity index (χ4n) is 1.65. The maximum Gasteiger partial charge on any atom is 0.0206 e. The first-order valence-corrected chi connectivity index (χ1v) is 4.64. The molecular weight excluding hydrogens is 136 g/mol. The van der Waals surface area contributed by atoms with E-state index in [0.29, 0.717) is 18.0 Å². The molecule has 11 heavy (non-hydrogen) atoms. The molecule has 0 spiro atoms. The van der Waals surface area contributed by atoms with Crippen LogP contribution >= 0.6 is 0 Å². The van der Waals surface area contributed by atoms with Crippen molar-refractivity contribution >= 4 is 0 Å². The largest absolute Gasteiger partial charge is 0.326 e. The minimum Gasteiger partial charge on any atom is -0.326 e. The van der Waals surface area contributed by atoms with E-state index in [0.717, 1.165) is 6.54 Å². The molecule has 0 radical (unpaired) electrons. The fourth-order valence-corrected chi connectivity index (χ4v) is 1.65. The van der Waals surface area contributed by atoms with Gasteiger partial charge in [0.15, 0.2) is 0 Å². The normalized spacial score (nSPS) is 36.0. The van der Waals surface area contributed by atoms with Crippen molar-refractivity contribution in [2.45, 2.75) is 39.3 Å². The highest BCUT2D eigenvalue weighted by Crippen LogP contribution is 2.17. The van der Waals surface area contributed by atoms with Gasteiger partial charge in [-0.1, -0.05) is 13.8 Å². The second kappa shape index (κ2) is 3.55. The summed E-state index contributed by atoms with van der Waals surface area (Å²) in [5, 5.41) is 0. The Labute approximate surface area is 69.8 Å². The first kappa shape index (κ1) is 9.01. The van der Waals surface area contributed by atoms with E-state index in [9.17, 15) is 0 Å². The Morgan fingerprint density at radius 3 is 2.55 bits per heavy atom. The number of likely N-dealkylation sites (tertiary alicyclic amines) is 1. The molecular formula is C9H20N2. The van der Waals surface area contributed by atoms with Gasteiger partial charge in [0.1, 0.15) is 0 Å². The molecule has 2 heteroatoms. The summed E-state index contributed by atoms with van der Waals surface area (Å²) in [6.45, 7) is 9.04. The quantitative estimate of drug-likeness (QED) is 0.648. The van der Waals surface area contributed by atoms with Crippen LogP contribution in [-0.4, -0.2) is 30.1 Å². The predicted octanol–water partition coefficient (Wildman–Crippen LogP) is 1.06. The number of nitrogens with zero attached hydrogens (tertiary/aromatic N) is 1. The van der Waals surface area contributed by atoms with E-state index in [-0.39, 0.29) is 0 Å². The van der Waals surface area contributed by atoms with Crippen molar-refractivity contribution in [3.05, 3.63) is 0 Å². The summed E-state index contributed by atoms with van der Waals surface area (Å²) in [6, 6.07) is 1.12. The molecule has 3 atom stereocenters. The number of hydrogen-bond donors (Lipinski definition) is 1. The average molecular weight is 156 g/mol. The zero-order chi connectivity index (χ0) is 8.43. The van der Waals surface area contributed by atoms with E-state index >= 15 is 0 Å². The molecule has 2 N–H and O–H groups in total. The molecule has 1 heterocycles. The molecule has 0 aromatic carbocycles. The maximum atomic E-state index is 5.92. The predicted molar refractivity (Wildman–Crippen MR) is 48.5 cm³/mol. The Kier molecular flexibility index (Phi) is 2.90. The van der Waals surface area contributed by atoms with Crippen LogP contribution < -0.4 is 5.73 Å². The lowest BCUT2D eigenvalue weighted by molar-refractivity contribution is 0.244. The fraction of sp³-hybridized carbons (Fsp3) is 1.00. The van der Waals surface area contributed by atoms with Gasteiger partial charge in [-0.15, -0.1) is 0 Å². The van der Waals surface area contributed by atoms with Gasteiger partial charge < -0.3 is 5.73 Å². The van der Waals surface area contributed by atoms with Gasteiger partial charge in [0, 0.05) is 25.2 Å². The Morgan fingerprint density at radius 2 is 2.18 bits per heavy atom. The molecule has 0 bridgehead atoms. The molecule has 1 fully saturated rings. The molecule has 1 aliphatic heterocycles. The van der Waals surface area contributed by atoms with Crippen molar-refractivity contribution in [2.75, 3.05) is 13.1 Å². The molecule has 3 unspecified atom stereocenters. The van der Waals surface area contributed by atoms with Gasteiger partial charge in [-0.3, -0.25) is 4.90 Å². The molecule has 0 amide bonds. The molecule has 2 nitrogen and oxygen atoms in total. The number of hydrogen-bond acceptors (Lipinski definition) is 2. The third kappa shape index (κ3) is 1.94. The summed E-state index contributed by atoms with van der Waals surface area (Å²) in [5.41, 5.74) is 5.92. The first-order valence-electron chi connectivity index (χ1n) is 4.64. The molecule has 0 saturated carbocycles. The summed E-state index contributed by atoms with van der Waals surface area (Å²) < 4.78 is 0. The summed E-state index contributed by atoms with van der Waals surface area (Å²) in [5.74, 6) is 0.684. The Morgan fingerprint density at radius 1 is 1.55 bits per heavy atom. The van der Waals surface area contributed by atoms with Crippen molar-refractivity contribution in [3.8, 4) is 0 Å². The molecule has 1 aliphatic rings. The van der Waals surface area contributed by atoms with Gasteiger partial charge in [0.05, 0.1) is 0 Å². The van der Waals surface area contributed by atoms with Gasteiger partial charge in [0.2, 0.25) is 0 Å². The van der Waals surface area contributed by atoms with Crippen LogP contribution in [0.5, 0.6) is 0 Å². The van der Waals surface area contributed by atoms with Crippen LogP contribution in [0.15, 0.2) is 0 Å². The van der Waals surface area contributed by atoms with Crippen molar-refractivity contribution < 1.29 is 0 Å². The molecule has 1 rings (SSSR count).